The third-order valence-electron chi connectivity index (χ3n) is 15.8. The third-order valence-corrected chi connectivity index (χ3v) is 15.8. The summed E-state index contributed by atoms with van der Waals surface area (Å²) in [7, 11) is 2.42. The molecule has 68 heavy (non-hydrogen) atoms. The molecule has 0 saturated heterocycles. The predicted octanol–water partition coefficient (Wildman–Crippen LogP) is 15.4. The van der Waals surface area contributed by atoms with Gasteiger partial charge in [0.25, 0.3) is 0 Å². The topological polar surface area (TPSA) is 41.6 Å². The van der Waals surface area contributed by atoms with E-state index in [1.807, 2.05) is 0 Å². The molecule has 2 aliphatic heterocycles. The van der Waals surface area contributed by atoms with Gasteiger partial charge in [-0.15, -0.1) is 0 Å². The van der Waals surface area contributed by atoms with E-state index in [-0.39, 0.29) is 10.8 Å². The molecule has 9 aromatic carbocycles. The van der Waals surface area contributed by atoms with Gasteiger partial charge in [0.2, 0.25) is 0 Å². The van der Waals surface area contributed by atoms with Crippen LogP contribution in [-0.4, -0.2) is 7.28 Å². The van der Waals surface area contributed by atoms with Crippen molar-refractivity contribution in [3.63, 3.8) is 0 Å². The van der Waals surface area contributed by atoms with E-state index >= 15 is 0 Å². The smallest absolute Gasteiger partial charge is 0.198 e. The van der Waals surface area contributed by atoms with Gasteiger partial charge >= 0.3 is 0 Å². The Morgan fingerprint density at radius 1 is 0.500 bits per heavy atom. The van der Waals surface area contributed by atoms with Crippen molar-refractivity contribution >= 4 is 90.5 Å². The van der Waals surface area contributed by atoms with Gasteiger partial charge in [0.15, 0.2) is 7.28 Å². The zero-order chi connectivity index (χ0) is 45.5. The van der Waals surface area contributed by atoms with Crippen molar-refractivity contribution in [2.45, 2.75) is 56.8 Å². The lowest BCUT2D eigenvalue weighted by molar-refractivity contribution is 0.332. The molecule has 2 aromatic heterocycles. The molecule has 1 radical (unpaired) electrons. The molecular weight excluding hydrogens is 828 g/mol. The van der Waals surface area contributed by atoms with E-state index in [1.165, 1.54) is 45.5 Å². The summed E-state index contributed by atoms with van der Waals surface area (Å²) in [5, 5.41) is 8.39. The maximum Gasteiger partial charge on any atom is 0.198 e. The zero-order valence-electron chi connectivity index (χ0n) is 38.7. The predicted molar refractivity (Wildman–Crippen MR) is 283 cm³/mol. The van der Waals surface area contributed by atoms with Crippen molar-refractivity contribution in [1.82, 2.24) is 0 Å². The summed E-state index contributed by atoms with van der Waals surface area (Å²) in [4.78, 5) is 2.55. The molecule has 3 aliphatic rings. The molecule has 325 valence electrons. The highest BCUT2D eigenvalue weighted by atomic mass is 16.3. The molecule has 0 bridgehead atoms. The first kappa shape index (κ1) is 39.4. The highest BCUT2D eigenvalue weighted by Gasteiger charge is 2.49. The Balaban J connectivity index is 1.08. The Hall–Kier alpha value is -7.76. The molecule has 4 nitrogen and oxygen atoms in total. The molecule has 0 amide bonds. The number of nitrogens with one attached hydrogen (secondary N) is 1. The van der Waals surface area contributed by atoms with E-state index in [1.54, 1.807) is 0 Å². The van der Waals surface area contributed by atoms with Crippen molar-refractivity contribution in [3.05, 3.63) is 221 Å². The number of nitrogens with zero attached hydrogens (tertiary/aromatic N) is 1. The fraction of sp³-hybridized carbons (Fsp3) is 0.143. The molecule has 0 atom stereocenters. The number of rotatable bonds is 5. The van der Waals surface area contributed by atoms with Crippen molar-refractivity contribution in [1.29, 1.82) is 0 Å². The second kappa shape index (κ2) is 14.1. The fourth-order valence-corrected chi connectivity index (χ4v) is 12.5. The SMILES string of the molecule is CC1(C)CCC(C)(C)c2cc(Nc3c(-c4c5c(cc6c4oc4ccccc46)N4c6ccccc6C(c6ccccc6)(c6ccccc6)c6cccc(c64)[B]5)ccc4oc5ccccc5c34)ccc21. The fourth-order valence-electron chi connectivity index (χ4n) is 12.5. The molecule has 0 fully saturated rings. The van der Waals surface area contributed by atoms with Crippen LogP contribution in [0.4, 0.5) is 28.4 Å². The van der Waals surface area contributed by atoms with E-state index in [2.05, 4.69) is 233 Å². The van der Waals surface area contributed by atoms with Gasteiger partial charge in [0, 0.05) is 44.3 Å². The van der Waals surface area contributed by atoms with Crippen LogP contribution in [0, 0.1) is 0 Å². The normalized spacial score (nSPS) is 16.0. The molecule has 1 aliphatic carbocycles. The molecule has 5 heteroatoms. The Labute approximate surface area is 397 Å². The number of hydrogen-bond donors (Lipinski definition) is 1. The summed E-state index contributed by atoms with van der Waals surface area (Å²) in [5.74, 6) is 0. The number of fused-ring (bicyclic) bond motifs is 11. The van der Waals surface area contributed by atoms with Gasteiger partial charge in [0.1, 0.15) is 22.3 Å². The van der Waals surface area contributed by atoms with E-state index < -0.39 is 5.41 Å². The monoisotopic (exact) mass is 875 g/mol. The van der Waals surface area contributed by atoms with E-state index in [4.69, 9.17) is 8.83 Å². The van der Waals surface area contributed by atoms with Crippen LogP contribution in [0.5, 0.6) is 0 Å². The maximum absolute atomic E-state index is 7.14. The van der Waals surface area contributed by atoms with Crippen LogP contribution in [-0.2, 0) is 16.2 Å². The lowest BCUT2D eigenvalue weighted by atomic mass is 9.54. The second-order valence-electron chi connectivity index (χ2n) is 20.5. The quantitative estimate of drug-likeness (QED) is 0.175. The van der Waals surface area contributed by atoms with Crippen LogP contribution < -0.4 is 21.1 Å². The van der Waals surface area contributed by atoms with Crippen molar-refractivity contribution in [3.8, 4) is 11.1 Å². The number of anilines is 5. The molecule has 0 saturated carbocycles. The van der Waals surface area contributed by atoms with Crippen LogP contribution in [0.15, 0.2) is 197 Å². The molecule has 4 heterocycles. The van der Waals surface area contributed by atoms with Crippen LogP contribution in [0.1, 0.15) is 73.9 Å². The Kier molecular flexibility index (Phi) is 8.19. The Bertz CT molecular complexity index is 3840. The molecule has 11 aromatic rings. The average Bonchev–Trinajstić information content (AvgIpc) is 3.94. The minimum atomic E-state index is -0.579. The molecule has 0 unspecified atom stereocenters. The summed E-state index contributed by atoms with van der Waals surface area (Å²) >= 11 is 0. The highest BCUT2D eigenvalue weighted by Crippen LogP contribution is 2.59. The zero-order valence-corrected chi connectivity index (χ0v) is 38.7. The van der Waals surface area contributed by atoms with Gasteiger partial charge in [0.05, 0.1) is 22.2 Å². The van der Waals surface area contributed by atoms with Crippen molar-refractivity contribution < 1.29 is 8.83 Å². The average molecular weight is 876 g/mol. The van der Waals surface area contributed by atoms with Gasteiger partial charge in [-0.3, -0.25) is 0 Å². The summed E-state index contributed by atoms with van der Waals surface area (Å²) in [6, 6.07) is 68.9. The third kappa shape index (κ3) is 5.39. The standard InChI is InChI=1S/C63H48BN2O2/c1-61(2)34-35-62(3,4)48-36-40(30-32-45(48)61)65-58-43(31-33-54-55(58)42-23-12-16-29-53(42)67-54)56-57-51(37-44-41-22-11-15-28-52(41)68-60(44)56)66-50-27-14-13-24-46(50)63(38-18-7-5-8-19-38,39-20-9-6-10-21-39)47-25-17-26-49(64-57)59(47)66/h5-33,36-37,65H,34-35H2,1-4H3. The maximum atomic E-state index is 7.14. The molecule has 1 N–H and O–H groups in total. The first-order chi connectivity index (χ1) is 33.2. The summed E-state index contributed by atoms with van der Waals surface area (Å²) in [6.45, 7) is 9.58. The van der Waals surface area contributed by atoms with Gasteiger partial charge in [-0.05, 0) is 111 Å². The van der Waals surface area contributed by atoms with E-state index in [9.17, 15) is 0 Å². The van der Waals surface area contributed by atoms with Gasteiger partial charge in [-0.25, -0.2) is 0 Å². The number of para-hydroxylation sites is 4. The van der Waals surface area contributed by atoms with Crippen molar-refractivity contribution in [2.24, 2.45) is 0 Å². The van der Waals surface area contributed by atoms with Gasteiger partial charge in [-0.1, -0.05) is 173 Å². The van der Waals surface area contributed by atoms with Crippen LogP contribution in [0.2, 0.25) is 0 Å². The number of furan rings is 2. The molecule has 0 spiro atoms. The van der Waals surface area contributed by atoms with Crippen LogP contribution in [0.3, 0.4) is 0 Å². The summed E-state index contributed by atoms with van der Waals surface area (Å²) < 4.78 is 13.8. The first-order valence-electron chi connectivity index (χ1n) is 24.0. The Morgan fingerprint density at radius 3 is 1.91 bits per heavy atom. The van der Waals surface area contributed by atoms with Crippen LogP contribution in [0.25, 0.3) is 55.0 Å². The van der Waals surface area contributed by atoms with Gasteiger partial charge < -0.3 is 19.1 Å². The lowest BCUT2D eigenvalue weighted by Crippen LogP contribution is -2.47. The second-order valence-corrected chi connectivity index (χ2v) is 20.5. The highest BCUT2D eigenvalue weighted by molar-refractivity contribution is 6.74. The number of benzene rings is 9. The van der Waals surface area contributed by atoms with Gasteiger partial charge in [-0.2, -0.15) is 0 Å². The number of hydrogen-bond acceptors (Lipinski definition) is 4. The van der Waals surface area contributed by atoms with E-state index in [0.717, 1.165) is 95.1 Å². The molecule has 14 rings (SSSR count). The largest absolute Gasteiger partial charge is 0.456 e. The van der Waals surface area contributed by atoms with E-state index in [0.29, 0.717) is 0 Å². The van der Waals surface area contributed by atoms with Crippen molar-refractivity contribution in [2.75, 3.05) is 10.2 Å². The van der Waals surface area contributed by atoms with Crippen LogP contribution >= 0.6 is 0 Å². The summed E-state index contributed by atoms with van der Waals surface area (Å²) in [5.41, 5.74) is 20.6. The lowest BCUT2D eigenvalue weighted by Gasteiger charge is -2.49. The molecular formula is C63H48BN2O2. The minimum Gasteiger partial charge on any atom is -0.456 e. The first-order valence-corrected chi connectivity index (χ1v) is 24.0. The minimum absolute atomic E-state index is 0.0449. The summed E-state index contributed by atoms with van der Waals surface area (Å²) in [6.07, 6.45) is 2.30. The Morgan fingerprint density at radius 2 is 1.15 bits per heavy atom.